The normalized spacial score (nSPS) is 14.3. The molecule has 0 saturated heterocycles. The van der Waals surface area contributed by atoms with Crippen LogP contribution in [0.25, 0.3) is 0 Å². The summed E-state index contributed by atoms with van der Waals surface area (Å²) in [5.74, 6) is 1.06. The van der Waals surface area contributed by atoms with E-state index in [9.17, 15) is 9.59 Å². The van der Waals surface area contributed by atoms with Gasteiger partial charge in [0.1, 0.15) is 6.04 Å². The highest BCUT2D eigenvalue weighted by Gasteiger charge is 2.32. The predicted octanol–water partition coefficient (Wildman–Crippen LogP) is 6.54. The largest absolute Gasteiger partial charge is 0.352 e. The van der Waals surface area contributed by atoms with Gasteiger partial charge in [0.25, 0.3) is 0 Å². The first-order valence-electron chi connectivity index (χ1n) is 13.7. The second-order valence-corrected chi connectivity index (χ2v) is 11.7. The van der Waals surface area contributed by atoms with Crippen LogP contribution in [0.3, 0.4) is 0 Å². The van der Waals surface area contributed by atoms with Gasteiger partial charge in [0.2, 0.25) is 11.8 Å². The van der Waals surface area contributed by atoms with Crippen LogP contribution in [0.2, 0.25) is 0 Å². The molecule has 3 aromatic carbocycles. The molecule has 0 spiro atoms. The smallest absolute Gasteiger partial charge is 0.243 e. The predicted molar refractivity (Wildman–Crippen MR) is 158 cm³/mol. The lowest BCUT2D eigenvalue weighted by molar-refractivity contribution is -0.139. The number of thioether (sulfide) groups is 1. The highest BCUT2D eigenvalue weighted by atomic mass is 32.2. The summed E-state index contributed by atoms with van der Waals surface area (Å²) >= 11 is 1.62. The third-order valence-corrected chi connectivity index (χ3v) is 8.21. The highest BCUT2D eigenvalue weighted by Crippen LogP contribution is 2.22. The number of nitrogens with one attached hydrogen (secondary N) is 1. The van der Waals surface area contributed by atoms with Crippen molar-refractivity contribution in [1.82, 2.24) is 10.2 Å². The average molecular weight is 529 g/mol. The second-order valence-electron chi connectivity index (χ2n) is 10.7. The van der Waals surface area contributed by atoms with Crippen LogP contribution < -0.4 is 5.32 Å². The number of hydrogen-bond donors (Lipinski definition) is 1. The number of aryl methyl sites for hydroxylation is 3. The Morgan fingerprint density at radius 2 is 1.50 bits per heavy atom. The van der Waals surface area contributed by atoms with E-state index < -0.39 is 6.04 Å². The van der Waals surface area contributed by atoms with Crippen molar-refractivity contribution in [3.05, 3.63) is 106 Å². The molecule has 1 saturated carbocycles. The molecular weight excluding hydrogens is 488 g/mol. The average Bonchev–Trinajstić information content (AvgIpc) is 3.40. The molecule has 4 nitrogen and oxygen atoms in total. The summed E-state index contributed by atoms with van der Waals surface area (Å²) in [4.78, 5) is 29.4. The van der Waals surface area contributed by atoms with Gasteiger partial charge in [-0.3, -0.25) is 9.59 Å². The van der Waals surface area contributed by atoms with E-state index in [1.165, 1.54) is 22.3 Å². The number of carbonyl (C=O) groups excluding carboxylic acids is 2. The van der Waals surface area contributed by atoms with Crippen LogP contribution in [0.4, 0.5) is 0 Å². The van der Waals surface area contributed by atoms with Gasteiger partial charge in [0.05, 0.1) is 5.75 Å². The van der Waals surface area contributed by atoms with E-state index in [2.05, 4.69) is 68.6 Å². The second kappa shape index (κ2) is 13.7. The summed E-state index contributed by atoms with van der Waals surface area (Å²) < 4.78 is 0. The molecule has 200 valence electrons. The molecule has 1 atom stereocenters. The molecule has 0 heterocycles. The summed E-state index contributed by atoms with van der Waals surface area (Å²) in [6, 6.07) is 24.5. The van der Waals surface area contributed by atoms with Crippen molar-refractivity contribution in [2.45, 2.75) is 77.3 Å². The van der Waals surface area contributed by atoms with Gasteiger partial charge < -0.3 is 10.2 Å². The monoisotopic (exact) mass is 528 g/mol. The maximum Gasteiger partial charge on any atom is 0.243 e. The van der Waals surface area contributed by atoms with Gasteiger partial charge in [-0.05, 0) is 50.3 Å². The first-order chi connectivity index (χ1) is 18.4. The van der Waals surface area contributed by atoms with Gasteiger partial charge in [-0.1, -0.05) is 102 Å². The molecule has 3 aromatic rings. The molecule has 5 heteroatoms. The standard InChI is InChI=1S/C33H40N2O2S/c1-24-13-15-28(16-14-24)21-35(32(36)23-38-22-29-18-25(2)17-26(3)19-29)31(20-27-9-5-4-6-10-27)33(37)34-30-11-7-8-12-30/h4-6,9-10,13-19,30-31H,7-8,11-12,20-23H2,1-3H3,(H,34,37)/t31-/m1/s1. The lowest BCUT2D eigenvalue weighted by Crippen LogP contribution is -2.52. The van der Waals surface area contributed by atoms with E-state index in [-0.39, 0.29) is 17.9 Å². The van der Waals surface area contributed by atoms with Crippen molar-refractivity contribution in [2.24, 2.45) is 0 Å². The number of nitrogens with zero attached hydrogens (tertiary/aromatic N) is 1. The molecule has 2 amide bonds. The summed E-state index contributed by atoms with van der Waals surface area (Å²) in [5, 5.41) is 3.28. The van der Waals surface area contributed by atoms with E-state index in [0.717, 1.165) is 42.6 Å². The first kappa shape index (κ1) is 28.0. The van der Waals surface area contributed by atoms with Gasteiger partial charge in [-0.25, -0.2) is 0 Å². The zero-order valence-corrected chi connectivity index (χ0v) is 23.7. The lowest BCUT2D eigenvalue weighted by Gasteiger charge is -2.32. The Labute approximate surface area is 232 Å². The quantitative estimate of drug-likeness (QED) is 0.307. The van der Waals surface area contributed by atoms with E-state index in [0.29, 0.717) is 18.7 Å². The van der Waals surface area contributed by atoms with Gasteiger partial charge in [0.15, 0.2) is 0 Å². The van der Waals surface area contributed by atoms with Crippen LogP contribution in [0.15, 0.2) is 72.8 Å². The Bertz CT molecular complexity index is 1180. The Balaban J connectivity index is 1.56. The van der Waals surface area contributed by atoms with Crippen molar-refractivity contribution < 1.29 is 9.59 Å². The van der Waals surface area contributed by atoms with Crippen molar-refractivity contribution in [2.75, 3.05) is 5.75 Å². The van der Waals surface area contributed by atoms with E-state index in [1.807, 2.05) is 35.2 Å². The lowest BCUT2D eigenvalue weighted by atomic mass is 10.0. The molecule has 0 bridgehead atoms. The molecule has 1 aliphatic rings. The van der Waals surface area contributed by atoms with Gasteiger partial charge >= 0.3 is 0 Å². The molecule has 1 N–H and O–H groups in total. The number of amides is 2. The first-order valence-corrected chi connectivity index (χ1v) is 14.9. The van der Waals surface area contributed by atoms with Gasteiger partial charge in [0, 0.05) is 24.8 Å². The number of carbonyl (C=O) groups is 2. The Hall–Kier alpha value is -3.05. The molecule has 0 radical (unpaired) electrons. The minimum Gasteiger partial charge on any atom is -0.352 e. The third kappa shape index (κ3) is 8.22. The number of rotatable bonds is 11. The summed E-state index contributed by atoms with van der Waals surface area (Å²) in [6.07, 6.45) is 4.83. The van der Waals surface area contributed by atoms with Gasteiger partial charge in [-0.15, -0.1) is 11.8 Å². The van der Waals surface area contributed by atoms with Crippen LogP contribution in [0.1, 0.15) is 59.1 Å². The van der Waals surface area contributed by atoms with Crippen LogP contribution in [0.5, 0.6) is 0 Å². The molecule has 0 aliphatic heterocycles. The van der Waals surface area contributed by atoms with Crippen molar-refractivity contribution in [3.63, 3.8) is 0 Å². The van der Waals surface area contributed by atoms with E-state index in [1.54, 1.807) is 11.8 Å². The minimum absolute atomic E-state index is 0.00227. The van der Waals surface area contributed by atoms with Crippen molar-refractivity contribution >= 4 is 23.6 Å². The Morgan fingerprint density at radius 3 is 2.16 bits per heavy atom. The maximum atomic E-state index is 13.8. The molecule has 0 aromatic heterocycles. The molecule has 1 aliphatic carbocycles. The zero-order valence-electron chi connectivity index (χ0n) is 22.9. The van der Waals surface area contributed by atoms with E-state index in [4.69, 9.17) is 0 Å². The number of benzene rings is 3. The molecule has 4 rings (SSSR count). The molecule has 0 unspecified atom stereocenters. The fourth-order valence-electron chi connectivity index (χ4n) is 5.30. The van der Waals surface area contributed by atoms with E-state index >= 15 is 0 Å². The van der Waals surface area contributed by atoms with Crippen LogP contribution in [-0.4, -0.2) is 34.6 Å². The molecule has 38 heavy (non-hydrogen) atoms. The summed E-state index contributed by atoms with van der Waals surface area (Å²) in [6.45, 7) is 6.68. The van der Waals surface area contributed by atoms with Crippen molar-refractivity contribution in [1.29, 1.82) is 0 Å². The molecular formula is C33H40N2O2S. The third-order valence-electron chi connectivity index (χ3n) is 7.22. The highest BCUT2D eigenvalue weighted by molar-refractivity contribution is 7.99. The van der Waals surface area contributed by atoms with Gasteiger partial charge in [-0.2, -0.15) is 0 Å². The summed E-state index contributed by atoms with van der Waals surface area (Å²) in [5.41, 5.74) is 6.97. The van der Waals surface area contributed by atoms with Crippen molar-refractivity contribution in [3.8, 4) is 0 Å². The van der Waals surface area contributed by atoms with Crippen LogP contribution >= 0.6 is 11.8 Å². The van der Waals surface area contributed by atoms with Crippen LogP contribution in [0, 0.1) is 20.8 Å². The van der Waals surface area contributed by atoms with Crippen LogP contribution in [-0.2, 0) is 28.3 Å². The Kier molecular flexibility index (Phi) is 10.1. The fourth-order valence-corrected chi connectivity index (χ4v) is 6.15. The topological polar surface area (TPSA) is 49.4 Å². The Morgan fingerprint density at radius 1 is 0.842 bits per heavy atom. The summed E-state index contributed by atoms with van der Waals surface area (Å²) in [7, 11) is 0. The molecule has 1 fully saturated rings. The fraction of sp³-hybridized carbons (Fsp3) is 0.394. The number of hydrogen-bond acceptors (Lipinski definition) is 3. The minimum atomic E-state index is -0.561. The SMILES string of the molecule is Cc1ccc(CN(C(=O)CSCc2cc(C)cc(C)c2)[C@H](Cc2ccccc2)C(=O)NC2CCCC2)cc1. The zero-order chi connectivity index (χ0) is 26.9. The maximum absolute atomic E-state index is 13.8.